The number of hydrogen-bond donors (Lipinski definition) is 0. The van der Waals surface area contributed by atoms with Crippen molar-refractivity contribution in [3.63, 3.8) is 0 Å². The van der Waals surface area contributed by atoms with Crippen molar-refractivity contribution < 1.29 is 9.47 Å². The molecule has 0 atom stereocenters. The van der Waals surface area contributed by atoms with Crippen LogP contribution in [0.25, 0.3) is 0 Å². The molecule has 0 fully saturated rings. The summed E-state index contributed by atoms with van der Waals surface area (Å²) in [7, 11) is 7.64. The predicted molar refractivity (Wildman–Crippen MR) is 112 cm³/mol. The van der Waals surface area contributed by atoms with E-state index in [2.05, 4.69) is 61.5 Å². The van der Waals surface area contributed by atoms with E-state index in [4.69, 9.17) is 9.47 Å². The fourth-order valence-electron chi connectivity index (χ4n) is 3.50. The van der Waals surface area contributed by atoms with Gasteiger partial charge in [-0.25, -0.2) is 0 Å². The normalized spacial score (nSPS) is 10.5. The van der Waals surface area contributed by atoms with E-state index in [1.54, 1.807) is 14.2 Å². The molecule has 0 radical (unpaired) electrons. The van der Waals surface area contributed by atoms with Crippen LogP contribution in [0.2, 0.25) is 0 Å². The molecule has 0 heterocycles. The second kappa shape index (κ2) is 8.63. The SMILES string of the molecule is COc1ccccc1Cc1cccc(N(C)C)c1Cc1ccccc1OC. The number of rotatable bonds is 7. The molecule has 0 aliphatic rings. The zero-order valence-electron chi connectivity index (χ0n) is 16.5. The Morgan fingerprint density at radius 1 is 0.630 bits per heavy atom. The van der Waals surface area contributed by atoms with Crippen molar-refractivity contribution in [2.24, 2.45) is 0 Å². The summed E-state index contributed by atoms with van der Waals surface area (Å²) in [5.41, 5.74) is 6.23. The van der Waals surface area contributed by atoms with Gasteiger partial charge in [-0.05, 0) is 40.5 Å². The van der Waals surface area contributed by atoms with Crippen LogP contribution in [0.1, 0.15) is 22.3 Å². The van der Waals surface area contributed by atoms with Gasteiger partial charge in [-0.1, -0.05) is 48.5 Å². The van der Waals surface area contributed by atoms with E-state index in [1.807, 2.05) is 24.3 Å². The second-order valence-corrected chi connectivity index (χ2v) is 6.79. The summed E-state index contributed by atoms with van der Waals surface area (Å²) in [6.07, 6.45) is 1.65. The van der Waals surface area contributed by atoms with E-state index >= 15 is 0 Å². The average molecular weight is 361 g/mol. The monoisotopic (exact) mass is 361 g/mol. The lowest BCUT2D eigenvalue weighted by atomic mass is 9.92. The molecular weight excluding hydrogens is 334 g/mol. The van der Waals surface area contributed by atoms with E-state index in [1.165, 1.54) is 27.9 Å². The maximum atomic E-state index is 5.58. The van der Waals surface area contributed by atoms with Gasteiger partial charge in [-0.3, -0.25) is 0 Å². The van der Waals surface area contributed by atoms with Crippen LogP contribution in [0.15, 0.2) is 66.7 Å². The lowest BCUT2D eigenvalue weighted by Crippen LogP contribution is -2.13. The molecule has 0 aliphatic heterocycles. The highest BCUT2D eigenvalue weighted by atomic mass is 16.5. The summed E-state index contributed by atoms with van der Waals surface area (Å²) in [6.45, 7) is 0. The number of para-hydroxylation sites is 2. The minimum atomic E-state index is 0.822. The first-order chi connectivity index (χ1) is 13.1. The standard InChI is InChI=1S/C24H27NO2/c1-25(2)22-13-9-12-18(16-19-10-5-7-14-23(19)26-3)21(22)17-20-11-6-8-15-24(20)27-4/h5-15H,16-17H2,1-4H3. The molecule has 3 rings (SSSR count). The summed E-state index contributed by atoms with van der Waals surface area (Å²) >= 11 is 0. The molecule has 0 saturated heterocycles. The molecule has 0 unspecified atom stereocenters. The molecule has 0 N–H and O–H groups in total. The lowest BCUT2D eigenvalue weighted by molar-refractivity contribution is 0.410. The summed E-state index contributed by atoms with van der Waals surface area (Å²) in [5.74, 6) is 1.85. The molecular formula is C24H27NO2. The zero-order valence-corrected chi connectivity index (χ0v) is 16.5. The highest BCUT2D eigenvalue weighted by Gasteiger charge is 2.15. The third-order valence-electron chi connectivity index (χ3n) is 4.86. The Labute approximate surface area is 162 Å². The van der Waals surface area contributed by atoms with Crippen molar-refractivity contribution in [3.8, 4) is 11.5 Å². The maximum Gasteiger partial charge on any atom is 0.122 e. The summed E-state index contributed by atoms with van der Waals surface area (Å²) < 4.78 is 11.1. The molecule has 3 aromatic carbocycles. The number of hydrogen-bond acceptors (Lipinski definition) is 3. The summed E-state index contributed by atoms with van der Waals surface area (Å²) in [6, 6.07) is 23.0. The third kappa shape index (κ3) is 4.25. The number of methoxy groups -OCH3 is 2. The first-order valence-electron chi connectivity index (χ1n) is 9.16. The smallest absolute Gasteiger partial charge is 0.122 e. The Hall–Kier alpha value is -2.94. The summed E-state index contributed by atoms with van der Waals surface area (Å²) in [5, 5.41) is 0. The minimum Gasteiger partial charge on any atom is -0.496 e. The molecule has 3 heteroatoms. The van der Waals surface area contributed by atoms with Crippen molar-refractivity contribution >= 4 is 5.69 Å². The number of nitrogens with zero attached hydrogens (tertiary/aromatic N) is 1. The Kier molecular flexibility index (Phi) is 6.02. The minimum absolute atomic E-state index is 0.822. The van der Waals surface area contributed by atoms with Gasteiger partial charge in [-0.2, -0.15) is 0 Å². The van der Waals surface area contributed by atoms with Gasteiger partial charge in [0.05, 0.1) is 14.2 Å². The van der Waals surface area contributed by atoms with Crippen LogP contribution in [0.4, 0.5) is 5.69 Å². The Balaban J connectivity index is 2.05. The molecule has 0 amide bonds. The average Bonchev–Trinajstić information content (AvgIpc) is 2.69. The van der Waals surface area contributed by atoms with Gasteiger partial charge in [0, 0.05) is 32.6 Å². The molecule has 0 spiro atoms. The molecule has 27 heavy (non-hydrogen) atoms. The predicted octanol–water partition coefficient (Wildman–Crippen LogP) is 4.95. The highest BCUT2D eigenvalue weighted by molar-refractivity contribution is 5.59. The van der Waals surface area contributed by atoms with Crippen molar-refractivity contribution in [2.45, 2.75) is 12.8 Å². The number of ether oxygens (including phenoxy) is 2. The van der Waals surface area contributed by atoms with Gasteiger partial charge >= 0.3 is 0 Å². The number of anilines is 1. The van der Waals surface area contributed by atoms with Crippen molar-refractivity contribution in [2.75, 3.05) is 33.2 Å². The molecule has 0 bridgehead atoms. The van der Waals surface area contributed by atoms with Gasteiger partial charge in [0.2, 0.25) is 0 Å². The van der Waals surface area contributed by atoms with Crippen LogP contribution in [0.3, 0.4) is 0 Å². The molecule has 3 aromatic rings. The Morgan fingerprint density at radius 2 is 1.15 bits per heavy atom. The Morgan fingerprint density at radius 3 is 1.70 bits per heavy atom. The van der Waals surface area contributed by atoms with E-state index < -0.39 is 0 Å². The molecule has 3 nitrogen and oxygen atoms in total. The van der Waals surface area contributed by atoms with Crippen molar-refractivity contribution in [3.05, 3.63) is 89.0 Å². The molecule has 0 aromatic heterocycles. The molecule has 0 saturated carbocycles. The van der Waals surface area contributed by atoms with Crippen LogP contribution < -0.4 is 14.4 Å². The van der Waals surface area contributed by atoms with Crippen LogP contribution >= 0.6 is 0 Å². The van der Waals surface area contributed by atoms with Crippen LogP contribution in [-0.4, -0.2) is 28.3 Å². The first kappa shape index (κ1) is 18.8. The van der Waals surface area contributed by atoms with Crippen LogP contribution in [0, 0.1) is 0 Å². The zero-order chi connectivity index (χ0) is 19.2. The van der Waals surface area contributed by atoms with Crippen molar-refractivity contribution in [1.29, 1.82) is 0 Å². The van der Waals surface area contributed by atoms with Gasteiger partial charge in [0.15, 0.2) is 0 Å². The topological polar surface area (TPSA) is 21.7 Å². The third-order valence-corrected chi connectivity index (χ3v) is 4.86. The van der Waals surface area contributed by atoms with Crippen LogP contribution in [0.5, 0.6) is 11.5 Å². The van der Waals surface area contributed by atoms with E-state index in [0.717, 1.165) is 24.3 Å². The van der Waals surface area contributed by atoms with Gasteiger partial charge in [0.1, 0.15) is 11.5 Å². The Bertz CT molecular complexity index is 902. The quantitative estimate of drug-likeness (QED) is 0.594. The second-order valence-electron chi connectivity index (χ2n) is 6.79. The largest absolute Gasteiger partial charge is 0.496 e. The van der Waals surface area contributed by atoms with E-state index in [9.17, 15) is 0 Å². The van der Waals surface area contributed by atoms with Crippen LogP contribution in [-0.2, 0) is 12.8 Å². The fraction of sp³-hybridized carbons (Fsp3) is 0.250. The summed E-state index contributed by atoms with van der Waals surface area (Å²) in [4.78, 5) is 2.18. The first-order valence-corrected chi connectivity index (χ1v) is 9.16. The molecule has 140 valence electrons. The van der Waals surface area contributed by atoms with E-state index in [-0.39, 0.29) is 0 Å². The lowest BCUT2D eigenvalue weighted by Gasteiger charge is -2.22. The number of benzene rings is 3. The maximum absolute atomic E-state index is 5.58. The van der Waals surface area contributed by atoms with Gasteiger partial charge in [-0.15, -0.1) is 0 Å². The molecule has 0 aliphatic carbocycles. The highest BCUT2D eigenvalue weighted by Crippen LogP contribution is 2.31. The van der Waals surface area contributed by atoms with Gasteiger partial charge in [0.25, 0.3) is 0 Å². The fourth-order valence-corrected chi connectivity index (χ4v) is 3.50. The van der Waals surface area contributed by atoms with Gasteiger partial charge < -0.3 is 14.4 Å². The van der Waals surface area contributed by atoms with Crippen molar-refractivity contribution in [1.82, 2.24) is 0 Å². The van der Waals surface area contributed by atoms with E-state index in [0.29, 0.717) is 0 Å².